The maximum atomic E-state index is 2.66. The molecule has 3 aliphatic heterocycles. The fraction of sp³-hybridized carbons (Fsp3) is 0.882. The van der Waals surface area contributed by atoms with Crippen molar-refractivity contribution >= 4 is 62.4 Å². The molecule has 3 fully saturated rings. The van der Waals surface area contributed by atoms with E-state index < -0.39 is 0 Å². The van der Waals surface area contributed by atoms with Crippen molar-refractivity contribution in [3.8, 4) is 0 Å². The summed E-state index contributed by atoms with van der Waals surface area (Å²) in [6.45, 7) is 37.6. The Hall–Kier alpha value is 0.381. The van der Waals surface area contributed by atoms with E-state index in [0.29, 0.717) is 22.2 Å². The van der Waals surface area contributed by atoms with Crippen molar-refractivity contribution in [2.45, 2.75) is 170 Å². The highest BCUT2D eigenvalue weighted by Crippen LogP contribution is 2.35. The Morgan fingerprint density at radius 2 is 0.935 bits per heavy atom. The van der Waals surface area contributed by atoms with Gasteiger partial charge in [-0.2, -0.15) is 0 Å². The van der Waals surface area contributed by atoms with Crippen molar-refractivity contribution in [3.63, 3.8) is 0 Å². The average Bonchev–Trinajstić information content (AvgIpc) is 3.56. The maximum Gasteiger partial charge on any atom is 0.112 e. The zero-order chi connectivity index (χ0) is 36.5. The number of hydrogen-bond donors (Lipinski definition) is 0. The van der Waals surface area contributed by atoms with Crippen LogP contribution >= 0.6 is 0 Å². The molecule has 0 atom stereocenters. The number of piperidine rings is 2. The van der Waals surface area contributed by atoms with Gasteiger partial charge in [0.05, 0.1) is 52.0 Å². The van der Waals surface area contributed by atoms with Crippen LogP contribution in [0, 0.1) is 0 Å². The predicted octanol–water partition coefficient (Wildman–Crippen LogP) is 0.813. The first kappa shape index (κ1) is 48.5. The topological polar surface area (TPSA) is 20.9 Å². The largest absolute Gasteiger partial charge is 0.390 e. The molecule has 0 radical (unpaired) electrons. The molecule has 0 aliphatic carbocycles. The van der Waals surface area contributed by atoms with Crippen LogP contribution < -0.4 is 0 Å². The van der Waals surface area contributed by atoms with Gasteiger partial charge < -0.3 is 27.1 Å². The monoisotopic (exact) mass is 747 g/mol. The Morgan fingerprint density at radius 1 is 0.587 bits per heavy atom. The lowest BCUT2D eigenvalue weighted by Gasteiger charge is -2.51. The molecular weight excluding hydrogens is 661 g/mol. The lowest BCUT2D eigenvalue weighted by atomic mass is 9.83. The molecule has 6 nitrogen and oxygen atoms in total. The molecule has 46 heavy (non-hydrogen) atoms. The van der Waals surface area contributed by atoms with Crippen molar-refractivity contribution in [1.82, 2.24) is 27.1 Å². The smallest absolute Gasteiger partial charge is 0.112 e. The van der Waals surface area contributed by atoms with E-state index in [1.165, 1.54) is 106 Å². The number of rotatable bonds is 2. The highest BCUT2D eigenvalue weighted by molar-refractivity contribution is 6.06. The van der Waals surface area contributed by atoms with Gasteiger partial charge in [-0.25, -0.2) is 0 Å². The minimum Gasteiger partial charge on any atom is -0.390 e. The highest BCUT2D eigenvalue weighted by atomic mass is 28.2. The van der Waals surface area contributed by atoms with Gasteiger partial charge in [0.2, 0.25) is 0 Å². The number of hydrogen-bond acceptors (Lipinski definition) is 5. The standard InChI is InChI=1S/C9H21NSi.C8H21NSi.C6H17NSi.C5H13NSi.C4H7NSi.C2H7NSi/c1-8(2)6-5-7-9(3,4)10(8)11;1-7(2,3)9(10)8(4,5)6;1-5(2)7(8)6(3)4;7-6-4-2-1-3-5-6;6-5-3-1-2-4-5;4-3-1-2-3/h5-7H2,1-4,11H3;1-6,10H3;5-6H,1-4,8H3;1-5H2,7H3;1-4H,6H3;1-2H2,4H3. The Bertz CT molecular complexity index is 820. The van der Waals surface area contributed by atoms with Crippen molar-refractivity contribution in [1.29, 1.82) is 0 Å². The molecule has 4 heterocycles. The van der Waals surface area contributed by atoms with E-state index in [0.717, 1.165) is 32.9 Å². The zero-order valence-corrected chi connectivity index (χ0v) is 47.2. The Labute approximate surface area is 308 Å². The maximum absolute atomic E-state index is 2.66. The van der Waals surface area contributed by atoms with E-state index in [4.69, 9.17) is 0 Å². The normalized spacial score (nSPS) is 20.1. The van der Waals surface area contributed by atoms with Crippen LogP contribution in [-0.4, -0.2) is 150 Å². The van der Waals surface area contributed by atoms with E-state index in [9.17, 15) is 0 Å². The van der Waals surface area contributed by atoms with Crippen LogP contribution in [0.4, 0.5) is 0 Å². The summed E-state index contributed by atoms with van der Waals surface area (Å²) in [6, 6.07) is 5.54. The fourth-order valence-electron chi connectivity index (χ4n) is 5.28. The van der Waals surface area contributed by atoms with Gasteiger partial charge in [0, 0.05) is 35.2 Å². The molecule has 4 rings (SSSR count). The van der Waals surface area contributed by atoms with Gasteiger partial charge in [-0.05, 0) is 151 Å². The van der Waals surface area contributed by atoms with Crippen LogP contribution in [0.3, 0.4) is 0 Å². The van der Waals surface area contributed by atoms with Gasteiger partial charge in [0.15, 0.2) is 0 Å². The van der Waals surface area contributed by atoms with Crippen LogP contribution in [0.1, 0.15) is 135 Å². The van der Waals surface area contributed by atoms with Crippen molar-refractivity contribution < 1.29 is 0 Å². The summed E-state index contributed by atoms with van der Waals surface area (Å²) in [5.41, 5.74) is 1.61. The Morgan fingerprint density at radius 3 is 1.07 bits per heavy atom. The lowest BCUT2D eigenvalue weighted by Crippen LogP contribution is -2.57. The third-order valence-corrected chi connectivity index (χ3v) is 19.6. The molecule has 276 valence electrons. The third kappa shape index (κ3) is 24.5. The first-order valence-electron chi connectivity index (χ1n) is 18.4. The quantitative estimate of drug-likeness (QED) is 0.330. The second-order valence-corrected chi connectivity index (χ2v) is 24.2. The average molecular weight is 748 g/mol. The van der Waals surface area contributed by atoms with Crippen molar-refractivity contribution in [3.05, 3.63) is 24.5 Å². The number of nitrogens with zero attached hydrogens (tertiary/aromatic N) is 6. The second kappa shape index (κ2) is 23.0. The van der Waals surface area contributed by atoms with E-state index >= 15 is 0 Å². The summed E-state index contributed by atoms with van der Waals surface area (Å²) in [5.74, 6) is 0. The summed E-state index contributed by atoms with van der Waals surface area (Å²) >= 11 is 0. The molecule has 0 spiro atoms. The molecule has 0 unspecified atom stereocenters. The summed E-state index contributed by atoms with van der Waals surface area (Å²) in [4.78, 5) is 0. The van der Waals surface area contributed by atoms with E-state index in [1.807, 2.05) is 12.1 Å². The summed E-state index contributed by atoms with van der Waals surface area (Å²) in [7, 11) is 7.22. The van der Waals surface area contributed by atoms with Gasteiger partial charge in [0.25, 0.3) is 0 Å². The number of aromatic nitrogens is 1. The van der Waals surface area contributed by atoms with Gasteiger partial charge in [-0.3, -0.25) is 0 Å². The van der Waals surface area contributed by atoms with Gasteiger partial charge in [0.1, 0.15) is 10.4 Å². The summed E-state index contributed by atoms with van der Waals surface area (Å²) in [6.07, 6.45) is 12.6. The summed E-state index contributed by atoms with van der Waals surface area (Å²) in [5, 5.41) is 0. The van der Waals surface area contributed by atoms with Crippen LogP contribution in [0.25, 0.3) is 0 Å². The minimum absolute atomic E-state index is 0.338. The van der Waals surface area contributed by atoms with Gasteiger partial charge in [-0.1, -0.05) is 34.1 Å². The lowest BCUT2D eigenvalue weighted by molar-refractivity contribution is 0.0577. The Kier molecular flexibility index (Phi) is 24.2. The van der Waals surface area contributed by atoms with Crippen molar-refractivity contribution in [2.24, 2.45) is 0 Å². The molecule has 0 bridgehead atoms. The first-order valence-corrected chi connectivity index (χ1v) is 23.8. The Balaban J connectivity index is 0. The molecule has 0 aromatic carbocycles. The fourth-order valence-corrected chi connectivity index (χ4v) is 6.91. The first-order chi connectivity index (χ1) is 20.8. The summed E-state index contributed by atoms with van der Waals surface area (Å²) < 4.78 is 14.7. The van der Waals surface area contributed by atoms with Gasteiger partial charge >= 0.3 is 0 Å². The second-order valence-electron chi connectivity index (χ2n) is 17.8. The molecular formula is C34H86N6Si6. The molecule has 0 amide bonds. The predicted molar refractivity (Wildman–Crippen MR) is 234 cm³/mol. The molecule has 12 heteroatoms. The van der Waals surface area contributed by atoms with E-state index in [2.05, 4.69) is 136 Å². The van der Waals surface area contributed by atoms with E-state index in [1.54, 1.807) is 0 Å². The van der Waals surface area contributed by atoms with Crippen LogP contribution in [0.2, 0.25) is 0 Å². The van der Waals surface area contributed by atoms with E-state index in [-0.39, 0.29) is 0 Å². The highest BCUT2D eigenvalue weighted by Gasteiger charge is 2.37. The van der Waals surface area contributed by atoms with Gasteiger partial charge in [-0.15, -0.1) is 0 Å². The van der Waals surface area contributed by atoms with Crippen LogP contribution in [0.15, 0.2) is 24.5 Å². The molecule has 3 aliphatic rings. The van der Waals surface area contributed by atoms with Crippen LogP contribution in [-0.2, 0) is 0 Å². The minimum atomic E-state index is 0.338. The van der Waals surface area contributed by atoms with Crippen LogP contribution in [0.5, 0.6) is 0 Å². The molecule has 1 aromatic heterocycles. The molecule has 0 saturated carbocycles. The molecule has 3 saturated heterocycles. The third-order valence-electron chi connectivity index (χ3n) is 10.0. The SMILES string of the molecule is CC(C)(C)N([SiH3])C(C)(C)C.CC(C)N([SiH3])C(C)C.CC1(C)CCCC(C)(C)N1[SiH3].[SiH3]N1CC1.[SiH3]N1CCCCC1.[SiH3]n1cccc1. The zero-order valence-electron chi connectivity index (χ0n) is 35.2. The van der Waals surface area contributed by atoms with Crippen molar-refractivity contribution in [2.75, 3.05) is 26.2 Å². The molecule has 1 aromatic rings. The molecule has 0 N–H and O–H groups in total.